The molecule has 0 aliphatic carbocycles. The van der Waals surface area contributed by atoms with Gasteiger partial charge in [0.15, 0.2) is 0 Å². The number of aromatic nitrogens is 1. The third-order valence-corrected chi connectivity index (χ3v) is 7.35. The van der Waals surface area contributed by atoms with Crippen molar-refractivity contribution in [2.24, 2.45) is 5.73 Å². The predicted molar refractivity (Wildman–Crippen MR) is 135 cm³/mol. The van der Waals surface area contributed by atoms with Crippen molar-refractivity contribution < 1.29 is 14.3 Å². The molecule has 1 fully saturated rings. The minimum atomic E-state index is -0.413. The van der Waals surface area contributed by atoms with Crippen molar-refractivity contribution in [1.29, 1.82) is 0 Å². The number of hydrogen-bond acceptors (Lipinski definition) is 6. The van der Waals surface area contributed by atoms with Crippen LogP contribution < -0.4 is 11.1 Å². The lowest BCUT2D eigenvalue weighted by Crippen LogP contribution is -2.52. The molecule has 0 radical (unpaired) electrons. The van der Waals surface area contributed by atoms with E-state index in [1.54, 1.807) is 24.6 Å². The van der Waals surface area contributed by atoms with Gasteiger partial charge in [0.25, 0.3) is 5.91 Å². The second-order valence-corrected chi connectivity index (χ2v) is 9.73. The number of pyridine rings is 1. The van der Waals surface area contributed by atoms with Gasteiger partial charge in [0.05, 0.1) is 17.9 Å². The number of piperidine rings is 1. The van der Waals surface area contributed by atoms with Crippen LogP contribution in [0.2, 0.25) is 0 Å². The summed E-state index contributed by atoms with van der Waals surface area (Å²) >= 11 is 1.65. The zero-order valence-corrected chi connectivity index (χ0v) is 21.3. The average molecular weight is 488 g/mol. The Morgan fingerprint density at radius 1 is 1.35 bits per heavy atom. The molecular formula is C25H37N5O3S. The number of thiophene rings is 1. The molecule has 3 N–H and O–H groups in total. The maximum absolute atomic E-state index is 12.9. The van der Waals surface area contributed by atoms with Gasteiger partial charge in [-0.05, 0) is 73.6 Å². The number of primary amides is 1. The molecule has 3 heterocycles. The molecule has 186 valence electrons. The number of nitrogens with two attached hydrogens (primary N) is 1. The number of likely N-dealkylation sites (tertiary alicyclic amines) is 1. The highest BCUT2D eigenvalue weighted by molar-refractivity contribution is 7.07. The molecule has 2 aromatic heterocycles. The number of rotatable bonds is 11. The molecule has 0 saturated carbocycles. The van der Waals surface area contributed by atoms with Gasteiger partial charge in [-0.2, -0.15) is 11.3 Å². The highest BCUT2D eigenvalue weighted by Crippen LogP contribution is 2.23. The number of nitrogens with zero attached hydrogens (tertiary/aromatic N) is 3. The summed E-state index contributed by atoms with van der Waals surface area (Å²) in [5.41, 5.74) is 8.96. The van der Waals surface area contributed by atoms with Gasteiger partial charge >= 0.3 is 6.03 Å². The summed E-state index contributed by atoms with van der Waals surface area (Å²) in [6.07, 6.45) is 5.22. The number of ether oxygens (including phenoxy) is 1. The lowest BCUT2D eigenvalue weighted by atomic mass is 9.98. The van der Waals surface area contributed by atoms with E-state index < -0.39 is 5.91 Å². The molecule has 8 nitrogen and oxygen atoms in total. The molecule has 1 aliphatic heterocycles. The number of amides is 3. The standard InChI is InChI=1S/C25H37N5O3S/c1-18-6-10-27-22(23(18)24(26)31)5-4-19(2)29-12-7-21(8-13-29)30(16-20-9-15-34-17-20)25(32)28-11-14-33-3/h6,9-10,15,17,19,21H,4-5,7-8,11-14,16H2,1-3H3,(H2,26,31)(H,28,32)/t19-/m1/s1. The molecule has 1 saturated heterocycles. The number of methoxy groups -OCH3 is 1. The minimum absolute atomic E-state index is 0.0285. The van der Waals surface area contributed by atoms with Gasteiger partial charge in [-0.1, -0.05) is 0 Å². The first kappa shape index (κ1) is 26.1. The van der Waals surface area contributed by atoms with E-state index in [1.807, 2.05) is 23.3 Å². The summed E-state index contributed by atoms with van der Waals surface area (Å²) in [5.74, 6) is -0.413. The molecule has 0 aromatic carbocycles. The number of carbonyl (C=O) groups is 2. The summed E-state index contributed by atoms with van der Waals surface area (Å²) in [7, 11) is 1.63. The van der Waals surface area contributed by atoms with E-state index in [1.165, 1.54) is 5.56 Å². The number of hydrogen-bond donors (Lipinski definition) is 2. The van der Waals surface area contributed by atoms with Crippen LogP contribution in [0.5, 0.6) is 0 Å². The number of nitrogens with one attached hydrogen (secondary N) is 1. The quantitative estimate of drug-likeness (QED) is 0.474. The van der Waals surface area contributed by atoms with Crippen LogP contribution in [0.15, 0.2) is 29.1 Å². The molecule has 0 bridgehead atoms. The van der Waals surface area contributed by atoms with Gasteiger partial charge in [0.1, 0.15) is 0 Å². The van der Waals surface area contributed by atoms with E-state index in [0.29, 0.717) is 37.7 Å². The summed E-state index contributed by atoms with van der Waals surface area (Å²) in [6.45, 7) is 7.61. The first-order valence-electron chi connectivity index (χ1n) is 11.9. The summed E-state index contributed by atoms with van der Waals surface area (Å²) < 4.78 is 5.08. The Bertz CT molecular complexity index is 929. The van der Waals surface area contributed by atoms with Gasteiger partial charge < -0.3 is 25.6 Å². The molecule has 3 rings (SSSR count). The Morgan fingerprint density at radius 2 is 2.12 bits per heavy atom. The van der Waals surface area contributed by atoms with E-state index in [4.69, 9.17) is 10.5 Å². The maximum atomic E-state index is 12.9. The van der Waals surface area contributed by atoms with Crippen molar-refractivity contribution in [2.75, 3.05) is 33.4 Å². The zero-order chi connectivity index (χ0) is 24.5. The van der Waals surface area contributed by atoms with Crippen LogP contribution in [-0.2, 0) is 17.7 Å². The Morgan fingerprint density at radius 3 is 2.76 bits per heavy atom. The van der Waals surface area contributed by atoms with Crippen molar-refractivity contribution in [3.63, 3.8) is 0 Å². The molecule has 0 spiro atoms. The highest BCUT2D eigenvalue weighted by atomic mass is 32.1. The summed E-state index contributed by atoms with van der Waals surface area (Å²) in [6, 6.07) is 4.43. The van der Waals surface area contributed by atoms with E-state index in [2.05, 4.69) is 33.6 Å². The predicted octanol–water partition coefficient (Wildman–Crippen LogP) is 3.19. The van der Waals surface area contributed by atoms with Gasteiger partial charge in [0.2, 0.25) is 0 Å². The number of carbonyl (C=O) groups excluding carboxylic acids is 2. The molecule has 1 aliphatic rings. The van der Waals surface area contributed by atoms with Crippen molar-refractivity contribution >= 4 is 23.3 Å². The minimum Gasteiger partial charge on any atom is -0.383 e. The zero-order valence-electron chi connectivity index (χ0n) is 20.5. The summed E-state index contributed by atoms with van der Waals surface area (Å²) in [5, 5.41) is 7.14. The van der Waals surface area contributed by atoms with Gasteiger partial charge in [-0.15, -0.1) is 0 Å². The smallest absolute Gasteiger partial charge is 0.318 e. The van der Waals surface area contributed by atoms with Gasteiger partial charge in [-0.25, -0.2) is 4.79 Å². The van der Waals surface area contributed by atoms with Gasteiger partial charge in [0, 0.05) is 51.6 Å². The van der Waals surface area contributed by atoms with E-state index in [-0.39, 0.29) is 12.1 Å². The van der Waals surface area contributed by atoms with Crippen molar-refractivity contribution in [3.05, 3.63) is 51.5 Å². The fraction of sp³-hybridized carbons (Fsp3) is 0.560. The fourth-order valence-electron chi connectivity index (χ4n) is 4.61. The van der Waals surface area contributed by atoms with E-state index in [0.717, 1.165) is 43.6 Å². The Balaban J connectivity index is 1.56. The molecule has 1 atom stereocenters. The van der Waals surface area contributed by atoms with Crippen LogP contribution in [0.4, 0.5) is 4.79 Å². The van der Waals surface area contributed by atoms with Crippen LogP contribution in [0.3, 0.4) is 0 Å². The number of urea groups is 1. The van der Waals surface area contributed by atoms with Crippen LogP contribution in [0, 0.1) is 6.92 Å². The van der Waals surface area contributed by atoms with Crippen molar-refractivity contribution in [2.45, 2.75) is 58.2 Å². The maximum Gasteiger partial charge on any atom is 0.318 e. The number of aryl methyl sites for hydroxylation is 2. The molecule has 0 unspecified atom stereocenters. The lowest BCUT2D eigenvalue weighted by molar-refractivity contribution is 0.0933. The molecule has 34 heavy (non-hydrogen) atoms. The topological polar surface area (TPSA) is 101 Å². The van der Waals surface area contributed by atoms with Gasteiger partial charge in [-0.3, -0.25) is 9.78 Å². The Kier molecular flexibility index (Phi) is 9.86. The van der Waals surface area contributed by atoms with Crippen LogP contribution >= 0.6 is 11.3 Å². The van der Waals surface area contributed by atoms with Crippen molar-refractivity contribution in [3.8, 4) is 0 Å². The molecular weight excluding hydrogens is 450 g/mol. The molecule has 2 aromatic rings. The second-order valence-electron chi connectivity index (χ2n) is 8.95. The monoisotopic (exact) mass is 487 g/mol. The largest absolute Gasteiger partial charge is 0.383 e. The van der Waals surface area contributed by atoms with E-state index in [9.17, 15) is 9.59 Å². The Hall–Kier alpha value is -2.49. The SMILES string of the molecule is COCCNC(=O)N(Cc1ccsc1)C1CCN([C@H](C)CCc2nccc(C)c2C(N)=O)CC1. The lowest BCUT2D eigenvalue weighted by Gasteiger charge is -2.40. The van der Waals surface area contributed by atoms with Crippen LogP contribution in [0.1, 0.15) is 53.4 Å². The molecule has 9 heteroatoms. The second kappa shape index (κ2) is 12.8. The first-order chi connectivity index (χ1) is 16.4. The van der Waals surface area contributed by atoms with Crippen molar-refractivity contribution in [1.82, 2.24) is 20.1 Å². The van der Waals surface area contributed by atoms with Crippen LogP contribution in [0.25, 0.3) is 0 Å². The van der Waals surface area contributed by atoms with E-state index >= 15 is 0 Å². The third-order valence-electron chi connectivity index (χ3n) is 6.62. The fourth-order valence-corrected chi connectivity index (χ4v) is 5.27. The normalized spacial score (nSPS) is 15.7. The first-order valence-corrected chi connectivity index (χ1v) is 12.9. The van der Waals surface area contributed by atoms with Crippen LogP contribution in [-0.4, -0.2) is 72.2 Å². The summed E-state index contributed by atoms with van der Waals surface area (Å²) in [4.78, 5) is 33.7. The third kappa shape index (κ3) is 7.01. The highest BCUT2D eigenvalue weighted by Gasteiger charge is 2.30. The average Bonchev–Trinajstić information content (AvgIpc) is 3.34. The molecule has 3 amide bonds. The Labute approximate surface area is 206 Å².